The number of likely N-dealkylation sites (N-methyl/N-ethyl adjacent to an activating group) is 1. The lowest BCUT2D eigenvalue weighted by atomic mass is 9.99. The number of amides is 2. The molecule has 2 N–H and O–H groups in total. The molecule has 1 fully saturated rings. The number of aryl methyl sites for hydroxylation is 1. The first-order valence-electron chi connectivity index (χ1n) is 11.8. The lowest BCUT2D eigenvalue weighted by molar-refractivity contribution is -0.129. The van der Waals surface area contributed by atoms with Crippen LogP contribution >= 0.6 is 0 Å². The summed E-state index contributed by atoms with van der Waals surface area (Å²) < 4.78 is 1.66. The van der Waals surface area contributed by atoms with E-state index in [9.17, 15) is 9.59 Å². The maximum Gasteiger partial charge on any atom is 0.247 e. The van der Waals surface area contributed by atoms with Gasteiger partial charge >= 0.3 is 0 Å². The van der Waals surface area contributed by atoms with E-state index in [1.165, 1.54) is 0 Å². The van der Waals surface area contributed by atoms with Crippen molar-refractivity contribution < 1.29 is 9.59 Å². The summed E-state index contributed by atoms with van der Waals surface area (Å²) in [4.78, 5) is 33.4. The summed E-state index contributed by atoms with van der Waals surface area (Å²) in [5.74, 6) is 0.373. The van der Waals surface area contributed by atoms with Gasteiger partial charge in [0, 0.05) is 45.5 Å². The lowest BCUT2D eigenvalue weighted by Gasteiger charge is -2.33. The van der Waals surface area contributed by atoms with Crippen LogP contribution in [0.3, 0.4) is 0 Å². The van der Waals surface area contributed by atoms with Gasteiger partial charge in [-0.05, 0) is 35.7 Å². The minimum absolute atomic E-state index is 0.0688. The standard InChI is InChI=1S/C26H30N8O2/c1-18(20-6-4-19(12-27)5-7-20)13-29-25(21-14-30-33(3)16-21)26(36)31-23-9-8-22(15-28-23)34-11-10-32(2)24(35)17-34/h4-9,14-16,18,25,29H,10-11,13,17H2,1-3H3,(H,28,31,36). The van der Waals surface area contributed by atoms with Crippen LogP contribution < -0.4 is 15.5 Å². The number of carbonyl (C=O) groups is 2. The summed E-state index contributed by atoms with van der Waals surface area (Å²) in [5.41, 5.74) is 3.28. The Morgan fingerprint density at radius 2 is 1.89 bits per heavy atom. The minimum Gasteiger partial charge on any atom is -0.359 e. The van der Waals surface area contributed by atoms with E-state index in [-0.39, 0.29) is 17.7 Å². The molecule has 1 saturated heterocycles. The molecule has 1 aromatic carbocycles. The van der Waals surface area contributed by atoms with Crippen LogP contribution in [0.4, 0.5) is 11.5 Å². The van der Waals surface area contributed by atoms with Gasteiger partial charge in [0.1, 0.15) is 11.9 Å². The highest BCUT2D eigenvalue weighted by Gasteiger charge is 2.24. The van der Waals surface area contributed by atoms with Crippen molar-refractivity contribution in [1.82, 2.24) is 25.0 Å². The molecule has 0 bridgehead atoms. The zero-order valence-corrected chi connectivity index (χ0v) is 20.7. The fraction of sp³-hybridized carbons (Fsp3) is 0.346. The van der Waals surface area contributed by atoms with Crippen molar-refractivity contribution in [2.24, 2.45) is 7.05 Å². The maximum absolute atomic E-state index is 13.3. The van der Waals surface area contributed by atoms with E-state index in [0.29, 0.717) is 31.0 Å². The molecule has 36 heavy (non-hydrogen) atoms. The van der Waals surface area contributed by atoms with E-state index >= 15 is 0 Å². The first-order chi connectivity index (χ1) is 17.3. The Hall–Kier alpha value is -4.23. The van der Waals surface area contributed by atoms with E-state index in [1.807, 2.05) is 29.3 Å². The largest absolute Gasteiger partial charge is 0.359 e. The van der Waals surface area contributed by atoms with E-state index in [2.05, 4.69) is 33.7 Å². The van der Waals surface area contributed by atoms with E-state index < -0.39 is 6.04 Å². The molecule has 10 heteroatoms. The Bertz CT molecular complexity index is 1250. The quantitative estimate of drug-likeness (QED) is 0.500. The van der Waals surface area contributed by atoms with E-state index in [0.717, 1.165) is 23.4 Å². The molecule has 1 aliphatic heterocycles. The van der Waals surface area contributed by atoms with Crippen molar-refractivity contribution in [2.75, 3.05) is 43.4 Å². The molecule has 3 heterocycles. The molecular weight excluding hydrogens is 456 g/mol. The third-order valence-corrected chi connectivity index (χ3v) is 6.38. The Kier molecular flexibility index (Phi) is 7.61. The molecule has 1 aliphatic rings. The van der Waals surface area contributed by atoms with Crippen LogP contribution in [-0.2, 0) is 16.6 Å². The van der Waals surface area contributed by atoms with Crippen LogP contribution in [0.5, 0.6) is 0 Å². The topological polar surface area (TPSA) is 119 Å². The third kappa shape index (κ3) is 5.87. The monoisotopic (exact) mass is 486 g/mol. The molecule has 10 nitrogen and oxygen atoms in total. The molecule has 0 spiro atoms. The summed E-state index contributed by atoms with van der Waals surface area (Å²) >= 11 is 0. The average Bonchev–Trinajstić information content (AvgIpc) is 3.32. The van der Waals surface area contributed by atoms with Gasteiger partial charge in [0.25, 0.3) is 0 Å². The molecule has 0 aliphatic carbocycles. The Labute approximate surface area is 210 Å². The summed E-state index contributed by atoms with van der Waals surface area (Å²) in [6.45, 7) is 4.32. The summed E-state index contributed by atoms with van der Waals surface area (Å²) in [6.07, 6.45) is 5.16. The van der Waals surface area contributed by atoms with Crippen LogP contribution in [0.25, 0.3) is 0 Å². The van der Waals surface area contributed by atoms with Crippen molar-refractivity contribution in [3.05, 3.63) is 71.7 Å². The summed E-state index contributed by atoms with van der Waals surface area (Å²) in [6, 6.07) is 12.6. The first-order valence-corrected chi connectivity index (χ1v) is 11.8. The van der Waals surface area contributed by atoms with Crippen LogP contribution in [-0.4, -0.2) is 64.7 Å². The number of nitrogens with one attached hydrogen (secondary N) is 2. The average molecular weight is 487 g/mol. The number of nitrogens with zero attached hydrogens (tertiary/aromatic N) is 6. The number of anilines is 2. The number of rotatable bonds is 8. The number of nitriles is 1. The number of piperazine rings is 1. The van der Waals surface area contributed by atoms with Crippen molar-refractivity contribution in [3.8, 4) is 6.07 Å². The highest BCUT2D eigenvalue weighted by molar-refractivity contribution is 5.94. The molecule has 2 unspecified atom stereocenters. The van der Waals surface area contributed by atoms with Gasteiger partial charge in [0.05, 0.1) is 36.3 Å². The van der Waals surface area contributed by atoms with Gasteiger partial charge in [-0.3, -0.25) is 14.3 Å². The number of carbonyl (C=O) groups excluding carboxylic acids is 2. The van der Waals surface area contributed by atoms with Gasteiger partial charge in [-0.15, -0.1) is 0 Å². The number of pyridine rings is 1. The molecule has 3 aromatic rings. The van der Waals surface area contributed by atoms with E-state index in [4.69, 9.17) is 5.26 Å². The minimum atomic E-state index is -0.628. The van der Waals surface area contributed by atoms with Crippen molar-refractivity contribution in [3.63, 3.8) is 0 Å². The summed E-state index contributed by atoms with van der Waals surface area (Å²) in [7, 11) is 3.61. The third-order valence-electron chi connectivity index (χ3n) is 6.38. The number of aromatic nitrogens is 3. The van der Waals surface area contributed by atoms with Crippen molar-refractivity contribution in [1.29, 1.82) is 5.26 Å². The normalized spacial score (nSPS) is 15.3. The Morgan fingerprint density at radius 1 is 1.11 bits per heavy atom. The second-order valence-corrected chi connectivity index (χ2v) is 9.05. The second-order valence-electron chi connectivity index (χ2n) is 9.05. The fourth-order valence-electron chi connectivity index (χ4n) is 4.07. The molecular formula is C26H30N8O2. The highest BCUT2D eigenvalue weighted by Crippen LogP contribution is 2.21. The molecule has 0 radical (unpaired) electrons. The zero-order valence-electron chi connectivity index (χ0n) is 20.7. The maximum atomic E-state index is 13.3. The van der Waals surface area contributed by atoms with Crippen molar-refractivity contribution in [2.45, 2.75) is 18.9 Å². The van der Waals surface area contributed by atoms with Gasteiger partial charge in [-0.1, -0.05) is 19.1 Å². The number of hydrogen-bond acceptors (Lipinski definition) is 7. The zero-order chi connectivity index (χ0) is 25.7. The summed E-state index contributed by atoms with van der Waals surface area (Å²) in [5, 5.41) is 19.5. The van der Waals surface area contributed by atoms with Gasteiger partial charge in [-0.2, -0.15) is 10.4 Å². The predicted octanol–water partition coefficient (Wildman–Crippen LogP) is 2.04. The van der Waals surface area contributed by atoms with Gasteiger partial charge < -0.3 is 20.4 Å². The van der Waals surface area contributed by atoms with Gasteiger partial charge in [0.15, 0.2) is 0 Å². The molecule has 186 valence electrons. The van der Waals surface area contributed by atoms with Crippen LogP contribution in [0, 0.1) is 11.3 Å². The number of hydrogen-bond donors (Lipinski definition) is 2. The SMILES string of the molecule is CC(CNC(C(=O)Nc1ccc(N2CCN(C)C(=O)C2)cn1)c1cnn(C)c1)c1ccc(C#N)cc1. The van der Waals surface area contributed by atoms with Crippen molar-refractivity contribution >= 4 is 23.3 Å². The first kappa shape index (κ1) is 24.9. The van der Waals surface area contributed by atoms with Crippen LogP contribution in [0.15, 0.2) is 55.0 Å². The molecule has 4 rings (SSSR count). The Morgan fingerprint density at radius 3 is 2.50 bits per heavy atom. The fourth-order valence-corrected chi connectivity index (χ4v) is 4.07. The molecule has 2 amide bonds. The number of benzene rings is 1. The van der Waals surface area contributed by atoms with Gasteiger partial charge in [-0.25, -0.2) is 4.98 Å². The van der Waals surface area contributed by atoms with Crippen LogP contribution in [0.1, 0.15) is 35.6 Å². The molecule has 2 atom stereocenters. The van der Waals surface area contributed by atoms with E-state index in [1.54, 1.807) is 54.3 Å². The predicted molar refractivity (Wildman–Crippen MR) is 136 cm³/mol. The lowest BCUT2D eigenvalue weighted by Crippen LogP contribution is -2.48. The second kappa shape index (κ2) is 11.0. The highest BCUT2D eigenvalue weighted by atomic mass is 16.2. The molecule has 0 saturated carbocycles. The Balaban J connectivity index is 1.42. The molecule has 2 aromatic heterocycles. The smallest absolute Gasteiger partial charge is 0.247 e. The van der Waals surface area contributed by atoms with Crippen LogP contribution in [0.2, 0.25) is 0 Å². The van der Waals surface area contributed by atoms with Gasteiger partial charge in [0.2, 0.25) is 11.8 Å².